The lowest BCUT2D eigenvalue weighted by Gasteiger charge is -2.28. The van der Waals surface area contributed by atoms with Crippen molar-refractivity contribution < 1.29 is 5.11 Å². The average Bonchev–Trinajstić information content (AvgIpc) is 2.38. The SMILES string of the molecule is OC(CSc1cccc(Cl)c1)CN1CCNCC1. The molecule has 1 atom stereocenters. The van der Waals surface area contributed by atoms with E-state index in [0.717, 1.165) is 42.6 Å². The smallest absolute Gasteiger partial charge is 0.0760 e. The van der Waals surface area contributed by atoms with Crippen molar-refractivity contribution in [2.75, 3.05) is 38.5 Å². The number of thioether (sulfide) groups is 1. The van der Waals surface area contributed by atoms with Crippen LogP contribution in [0.25, 0.3) is 0 Å². The third kappa shape index (κ3) is 4.78. The van der Waals surface area contributed by atoms with E-state index in [1.165, 1.54) is 0 Å². The van der Waals surface area contributed by atoms with Crippen LogP contribution in [0.4, 0.5) is 0 Å². The molecule has 3 nitrogen and oxygen atoms in total. The molecule has 2 N–H and O–H groups in total. The second-order valence-electron chi connectivity index (χ2n) is 4.47. The highest BCUT2D eigenvalue weighted by Gasteiger charge is 2.14. The maximum atomic E-state index is 10.0. The van der Waals surface area contributed by atoms with Crippen molar-refractivity contribution in [3.63, 3.8) is 0 Å². The highest BCUT2D eigenvalue weighted by atomic mass is 35.5. The van der Waals surface area contributed by atoms with Gasteiger partial charge >= 0.3 is 0 Å². The van der Waals surface area contributed by atoms with Crippen LogP contribution in [0.1, 0.15) is 0 Å². The van der Waals surface area contributed by atoms with Crippen LogP contribution >= 0.6 is 23.4 Å². The second kappa shape index (κ2) is 7.36. The van der Waals surface area contributed by atoms with E-state index in [1.54, 1.807) is 11.8 Å². The molecule has 0 spiro atoms. The zero-order chi connectivity index (χ0) is 12.8. The maximum Gasteiger partial charge on any atom is 0.0760 e. The fraction of sp³-hybridized carbons (Fsp3) is 0.538. The largest absolute Gasteiger partial charge is 0.391 e. The summed E-state index contributed by atoms with van der Waals surface area (Å²) in [5.74, 6) is 0.713. The zero-order valence-corrected chi connectivity index (χ0v) is 11.9. The lowest BCUT2D eigenvalue weighted by Crippen LogP contribution is -2.46. The summed E-state index contributed by atoms with van der Waals surface area (Å²) in [6, 6.07) is 7.76. The fourth-order valence-electron chi connectivity index (χ4n) is 1.99. The van der Waals surface area contributed by atoms with E-state index in [-0.39, 0.29) is 6.10 Å². The summed E-state index contributed by atoms with van der Waals surface area (Å²) in [6.07, 6.45) is -0.285. The third-order valence-corrected chi connectivity index (χ3v) is 4.29. The molecule has 0 radical (unpaired) electrons. The van der Waals surface area contributed by atoms with Crippen molar-refractivity contribution in [2.24, 2.45) is 0 Å². The summed E-state index contributed by atoms with van der Waals surface area (Å²) in [5, 5.41) is 14.1. The van der Waals surface area contributed by atoms with Gasteiger partial charge < -0.3 is 10.4 Å². The predicted octanol–water partition coefficient (Wildman–Crippen LogP) is 1.70. The van der Waals surface area contributed by atoms with Crippen LogP contribution in [-0.2, 0) is 0 Å². The number of aliphatic hydroxyl groups is 1. The van der Waals surface area contributed by atoms with E-state index >= 15 is 0 Å². The molecule has 18 heavy (non-hydrogen) atoms. The summed E-state index contributed by atoms with van der Waals surface area (Å²) >= 11 is 7.58. The van der Waals surface area contributed by atoms with Crippen LogP contribution < -0.4 is 5.32 Å². The van der Waals surface area contributed by atoms with Crippen molar-refractivity contribution in [3.05, 3.63) is 29.3 Å². The van der Waals surface area contributed by atoms with E-state index in [9.17, 15) is 5.11 Å². The van der Waals surface area contributed by atoms with Gasteiger partial charge in [0.2, 0.25) is 0 Å². The lowest BCUT2D eigenvalue weighted by atomic mass is 10.3. The van der Waals surface area contributed by atoms with E-state index < -0.39 is 0 Å². The molecule has 1 aromatic rings. The Hall–Kier alpha value is -0.260. The molecular formula is C13H19ClN2OS. The summed E-state index contributed by atoms with van der Waals surface area (Å²) in [7, 11) is 0. The molecule has 0 aliphatic carbocycles. The maximum absolute atomic E-state index is 10.0. The number of nitrogens with zero attached hydrogens (tertiary/aromatic N) is 1. The number of benzene rings is 1. The molecule has 2 rings (SSSR count). The Labute approximate surface area is 118 Å². The van der Waals surface area contributed by atoms with Crippen LogP contribution in [0.3, 0.4) is 0 Å². The number of hydrogen-bond acceptors (Lipinski definition) is 4. The molecule has 1 fully saturated rings. The first-order valence-electron chi connectivity index (χ1n) is 6.23. The van der Waals surface area contributed by atoms with E-state index in [2.05, 4.69) is 10.2 Å². The number of halogens is 1. The Balaban J connectivity index is 1.72. The molecule has 0 saturated carbocycles. The quantitative estimate of drug-likeness (QED) is 0.808. The summed E-state index contributed by atoms with van der Waals surface area (Å²) in [4.78, 5) is 3.42. The van der Waals surface area contributed by atoms with Gasteiger partial charge in [-0.1, -0.05) is 17.7 Å². The molecule has 1 unspecified atom stereocenters. The molecule has 100 valence electrons. The highest BCUT2D eigenvalue weighted by Crippen LogP contribution is 2.22. The van der Waals surface area contributed by atoms with Gasteiger partial charge in [-0.05, 0) is 18.2 Å². The van der Waals surface area contributed by atoms with Crippen LogP contribution in [0.15, 0.2) is 29.2 Å². The first-order valence-corrected chi connectivity index (χ1v) is 7.60. The van der Waals surface area contributed by atoms with Crippen LogP contribution in [0.5, 0.6) is 0 Å². The Morgan fingerprint density at radius 1 is 1.39 bits per heavy atom. The molecule has 5 heteroatoms. The van der Waals surface area contributed by atoms with Crippen molar-refractivity contribution in [1.82, 2.24) is 10.2 Å². The van der Waals surface area contributed by atoms with Gasteiger partial charge in [-0.2, -0.15) is 0 Å². The Morgan fingerprint density at radius 2 is 2.17 bits per heavy atom. The van der Waals surface area contributed by atoms with Gasteiger partial charge in [-0.3, -0.25) is 4.90 Å². The van der Waals surface area contributed by atoms with Crippen molar-refractivity contribution >= 4 is 23.4 Å². The summed E-state index contributed by atoms with van der Waals surface area (Å²) in [6.45, 7) is 4.86. The van der Waals surface area contributed by atoms with Crippen LogP contribution in [0, 0.1) is 0 Å². The van der Waals surface area contributed by atoms with Crippen molar-refractivity contribution in [1.29, 1.82) is 0 Å². The summed E-state index contributed by atoms with van der Waals surface area (Å²) < 4.78 is 0. The van der Waals surface area contributed by atoms with E-state index in [1.807, 2.05) is 24.3 Å². The molecule has 1 aliphatic rings. The predicted molar refractivity (Wildman–Crippen MR) is 77.5 cm³/mol. The van der Waals surface area contributed by atoms with Gasteiger partial charge in [0.1, 0.15) is 0 Å². The Bertz CT molecular complexity index is 372. The zero-order valence-electron chi connectivity index (χ0n) is 10.3. The monoisotopic (exact) mass is 286 g/mol. The number of hydrogen-bond donors (Lipinski definition) is 2. The van der Waals surface area contributed by atoms with Gasteiger partial charge in [0.05, 0.1) is 6.10 Å². The highest BCUT2D eigenvalue weighted by molar-refractivity contribution is 7.99. The average molecular weight is 287 g/mol. The number of β-amino-alcohol motifs (C(OH)–C–C–N with tert-alkyl or cyclic N) is 1. The van der Waals surface area contributed by atoms with Crippen molar-refractivity contribution in [3.8, 4) is 0 Å². The van der Waals surface area contributed by atoms with Crippen molar-refractivity contribution in [2.45, 2.75) is 11.0 Å². The molecule has 1 saturated heterocycles. The van der Waals surface area contributed by atoms with Gasteiger partial charge in [0, 0.05) is 48.4 Å². The third-order valence-electron chi connectivity index (χ3n) is 2.92. The van der Waals surface area contributed by atoms with Gasteiger partial charge in [-0.25, -0.2) is 0 Å². The number of aliphatic hydroxyl groups excluding tert-OH is 1. The summed E-state index contributed by atoms with van der Waals surface area (Å²) in [5.41, 5.74) is 0. The van der Waals surface area contributed by atoms with E-state index in [0.29, 0.717) is 5.75 Å². The molecule has 1 aliphatic heterocycles. The minimum atomic E-state index is -0.285. The minimum absolute atomic E-state index is 0.285. The second-order valence-corrected chi connectivity index (χ2v) is 6.00. The molecule has 0 amide bonds. The molecule has 1 heterocycles. The number of rotatable bonds is 5. The Morgan fingerprint density at radius 3 is 2.89 bits per heavy atom. The molecular weight excluding hydrogens is 268 g/mol. The topological polar surface area (TPSA) is 35.5 Å². The van der Waals surface area contributed by atoms with Gasteiger partial charge in [0.25, 0.3) is 0 Å². The molecule has 1 aromatic carbocycles. The first-order chi connectivity index (χ1) is 8.74. The minimum Gasteiger partial charge on any atom is -0.391 e. The Kier molecular flexibility index (Phi) is 5.79. The molecule has 0 bridgehead atoms. The normalized spacial score (nSPS) is 18.8. The number of nitrogens with one attached hydrogen (secondary N) is 1. The van der Waals surface area contributed by atoms with Crippen LogP contribution in [-0.4, -0.2) is 54.6 Å². The fourth-order valence-corrected chi connectivity index (χ4v) is 3.12. The van der Waals surface area contributed by atoms with Gasteiger partial charge in [0.15, 0.2) is 0 Å². The lowest BCUT2D eigenvalue weighted by molar-refractivity contribution is 0.121. The van der Waals surface area contributed by atoms with Crippen LogP contribution in [0.2, 0.25) is 5.02 Å². The first kappa shape index (κ1) is 14.2. The van der Waals surface area contributed by atoms with E-state index in [4.69, 9.17) is 11.6 Å². The number of piperazine rings is 1. The standard InChI is InChI=1S/C13H19ClN2OS/c14-11-2-1-3-13(8-11)18-10-12(17)9-16-6-4-15-5-7-16/h1-3,8,12,15,17H,4-7,9-10H2. The molecule has 0 aromatic heterocycles. The van der Waals surface area contributed by atoms with Gasteiger partial charge in [-0.15, -0.1) is 11.8 Å².